The zero-order valence-corrected chi connectivity index (χ0v) is 14.7. The second-order valence-electron chi connectivity index (χ2n) is 5.79. The van der Waals surface area contributed by atoms with E-state index in [4.69, 9.17) is 0 Å². The van der Waals surface area contributed by atoms with Crippen molar-refractivity contribution in [2.24, 2.45) is 0 Å². The van der Waals surface area contributed by atoms with Crippen molar-refractivity contribution >= 4 is 28.8 Å². The molecule has 0 saturated carbocycles. The first-order valence-corrected chi connectivity index (χ1v) is 8.69. The van der Waals surface area contributed by atoms with Crippen molar-refractivity contribution in [3.8, 4) is 0 Å². The number of nitrogens with zero attached hydrogens (tertiary/aromatic N) is 4. The van der Waals surface area contributed by atoms with E-state index in [0.717, 1.165) is 35.4 Å². The first kappa shape index (κ1) is 17.6. The van der Waals surface area contributed by atoms with Crippen LogP contribution in [-0.4, -0.2) is 38.7 Å². The highest BCUT2D eigenvalue weighted by Gasteiger charge is 2.09. The van der Waals surface area contributed by atoms with Gasteiger partial charge in [0.25, 0.3) is 0 Å². The number of anilines is 1. The Bertz CT molecular complexity index is 887. The zero-order chi connectivity index (χ0) is 18.2. The molecule has 1 amide bonds. The maximum atomic E-state index is 11.9. The molecule has 0 spiro atoms. The largest absolute Gasteiger partial charge is 0.369 e. The molecule has 7 heteroatoms. The van der Waals surface area contributed by atoms with Crippen LogP contribution in [0.2, 0.25) is 0 Å². The normalized spacial score (nSPS) is 11.1. The summed E-state index contributed by atoms with van der Waals surface area (Å²) in [6, 6.07) is 9.71. The molecule has 2 N–H and O–H groups in total. The molecule has 0 aliphatic carbocycles. The lowest BCUT2D eigenvalue weighted by Gasteiger charge is -2.06. The Morgan fingerprint density at radius 1 is 1.19 bits per heavy atom. The number of fused-ring (bicyclic) bond motifs is 1. The monoisotopic (exact) mass is 350 g/mol. The van der Waals surface area contributed by atoms with Gasteiger partial charge in [0.15, 0.2) is 5.65 Å². The topological polar surface area (TPSA) is 84.7 Å². The van der Waals surface area contributed by atoms with Gasteiger partial charge in [-0.2, -0.15) is 5.10 Å². The van der Waals surface area contributed by atoms with Gasteiger partial charge >= 0.3 is 0 Å². The molecule has 0 fully saturated rings. The number of carbonyl (C=O) groups excluding carboxylic acids is 1. The summed E-state index contributed by atoms with van der Waals surface area (Å²) in [6.45, 7) is 3.96. The van der Waals surface area contributed by atoms with E-state index in [0.29, 0.717) is 13.1 Å². The fraction of sp³-hybridized carbons (Fsp3) is 0.263. The summed E-state index contributed by atoms with van der Waals surface area (Å²) in [6.07, 6.45) is 7.62. The third-order valence-corrected chi connectivity index (χ3v) is 3.83. The summed E-state index contributed by atoms with van der Waals surface area (Å²) in [5, 5.41) is 11.4. The molecule has 0 aliphatic rings. The maximum Gasteiger partial charge on any atom is 0.244 e. The van der Waals surface area contributed by atoms with Crippen LogP contribution in [0.3, 0.4) is 0 Å². The molecular formula is C19H22N6O. The Balaban J connectivity index is 1.56. The van der Waals surface area contributed by atoms with Crippen LogP contribution >= 0.6 is 0 Å². The number of rotatable bonds is 8. The highest BCUT2D eigenvalue weighted by atomic mass is 16.1. The Kier molecular flexibility index (Phi) is 5.92. The lowest BCUT2D eigenvalue weighted by atomic mass is 10.2. The second kappa shape index (κ2) is 8.75. The Morgan fingerprint density at radius 3 is 2.85 bits per heavy atom. The van der Waals surface area contributed by atoms with Crippen LogP contribution in [0, 0.1) is 0 Å². The molecule has 7 nitrogen and oxygen atoms in total. The van der Waals surface area contributed by atoms with Crippen molar-refractivity contribution < 1.29 is 4.79 Å². The molecule has 0 unspecified atom stereocenters. The number of hydrogen-bond donors (Lipinski definition) is 2. The van der Waals surface area contributed by atoms with E-state index in [1.54, 1.807) is 17.0 Å². The van der Waals surface area contributed by atoms with E-state index in [1.807, 2.05) is 30.3 Å². The summed E-state index contributed by atoms with van der Waals surface area (Å²) in [5.74, 6) is 0.656. The Labute approximate surface area is 152 Å². The zero-order valence-electron chi connectivity index (χ0n) is 14.7. The molecule has 0 radical (unpaired) electrons. The molecule has 134 valence electrons. The Morgan fingerprint density at radius 2 is 2.04 bits per heavy atom. The smallest absolute Gasteiger partial charge is 0.244 e. The number of amides is 1. The van der Waals surface area contributed by atoms with E-state index < -0.39 is 0 Å². The van der Waals surface area contributed by atoms with Crippen LogP contribution < -0.4 is 10.6 Å². The van der Waals surface area contributed by atoms with Crippen LogP contribution in [0.4, 0.5) is 5.82 Å². The molecular weight excluding hydrogens is 328 g/mol. The van der Waals surface area contributed by atoms with Gasteiger partial charge in [-0.25, -0.2) is 14.6 Å². The van der Waals surface area contributed by atoms with Crippen molar-refractivity contribution in [3.63, 3.8) is 0 Å². The first-order chi connectivity index (χ1) is 12.8. The summed E-state index contributed by atoms with van der Waals surface area (Å²) in [4.78, 5) is 20.5. The first-order valence-electron chi connectivity index (χ1n) is 8.69. The predicted octanol–water partition coefficient (Wildman–Crippen LogP) is 2.48. The third kappa shape index (κ3) is 4.44. The highest BCUT2D eigenvalue weighted by molar-refractivity contribution is 5.91. The number of carbonyl (C=O) groups is 1. The fourth-order valence-electron chi connectivity index (χ4n) is 2.52. The fourth-order valence-corrected chi connectivity index (χ4v) is 2.52. The summed E-state index contributed by atoms with van der Waals surface area (Å²) in [7, 11) is 0. The van der Waals surface area contributed by atoms with Gasteiger partial charge in [-0.3, -0.25) is 4.79 Å². The number of nitrogens with one attached hydrogen (secondary N) is 2. The van der Waals surface area contributed by atoms with E-state index in [2.05, 4.69) is 32.6 Å². The molecule has 2 heterocycles. The number of aromatic nitrogens is 4. The van der Waals surface area contributed by atoms with Crippen molar-refractivity contribution in [3.05, 3.63) is 54.5 Å². The molecule has 26 heavy (non-hydrogen) atoms. The summed E-state index contributed by atoms with van der Waals surface area (Å²) >= 11 is 0. The highest BCUT2D eigenvalue weighted by Crippen LogP contribution is 2.18. The molecule has 0 aliphatic heterocycles. The maximum absolute atomic E-state index is 11.9. The summed E-state index contributed by atoms with van der Waals surface area (Å²) in [5.41, 5.74) is 1.75. The van der Waals surface area contributed by atoms with Gasteiger partial charge < -0.3 is 10.6 Å². The van der Waals surface area contributed by atoms with Crippen molar-refractivity contribution in [2.45, 2.75) is 19.9 Å². The average Bonchev–Trinajstić information content (AvgIpc) is 3.09. The van der Waals surface area contributed by atoms with E-state index in [1.165, 1.54) is 12.4 Å². The van der Waals surface area contributed by atoms with Gasteiger partial charge in [-0.15, -0.1) is 0 Å². The van der Waals surface area contributed by atoms with Gasteiger partial charge in [0.2, 0.25) is 5.91 Å². The van der Waals surface area contributed by atoms with E-state index in [-0.39, 0.29) is 5.91 Å². The van der Waals surface area contributed by atoms with E-state index in [9.17, 15) is 4.79 Å². The predicted molar refractivity (Wildman–Crippen MR) is 103 cm³/mol. The van der Waals surface area contributed by atoms with Gasteiger partial charge in [-0.1, -0.05) is 37.3 Å². The number of benzene rings is 1. The molecule has 2 aromatic heterocycles. The SMILES string of the molecule is CCCNc1ncnc2c1cnn2CCNC(=O)/C=C/c1ccccc1. The van der Waals surface area contributed by atoms with Crippen LogP contribution in [0.5, 0.6) is 0 Å². The minimum absolute atomic E-state index is 0.134. The third-order valence-electron chi connectivity index (χ3n) is 3.83. The average molecular weight is 350 g/mol. The quantitative estimate of drug-likeness (QED) is 0.610. The molecule has 0 saturated heterocycles. The van der Waals surface area contributed by atoms with Crippen molar-refractivity contribution in [1.29, 1.82) is 0 Å². The van der Waals surface area contributed by atoms with Gasteiger partial charge in [0.1, 0.15) is 12.1 Å². The van der Waals surface area contributed by atoms with Gasteiger partial charge in [0, 0.05) is 19.2 Å². The number of hydrogen-bond acceptors (Lipinski definition) is 5. The van der Waals surface area contributed by atoms with Crippen LogP contribution in [-0.2, 0) is 11.3 Å². The lowest BCUT2D eigenvalue weighted by Crippen LogP contribution is -2.25. The standard InChI is InChI=1S/C19H22N6O/c1-2-10-21-18-16-13-24-25(19(16)23-14-22-18)12-11-20-17(26)9-8-15-6-4-3-5-7-15/h3-9,13-14H,2,10-12H2,1H3,(H,20,26)(H,21,22,23)/b9-8+. The molecule has 0 atom stereocenters. The van der Waals surface area contributed by atoms with Crippen LogP contribution in [0.25, 0.3) is 17.1 Å². The van der Waals surface area contributed by atoms with Crippen molar-refractivity contribution in [2.75, 3.05) is 18.4 Å². The minimum atomic E-state index is -0.134. The molecule has 3 aromatic rings. The second-order valence-corrected chi connectivity index (χ2v) is 5.79. The summed E-state index contributed by atoms with van der Waals surface area (Å²) < 4.78 is 1.77. The Hall–Kier alpha value is -3.22. The van der Waals surface area contributed by atoms with Crippen molar-refractivity contribution in [1.82, 2.24) is 25.1 Å². The van der Waals surface area contributed by atoms with Crippen LogP contribution in [0.15, 0.2) is 48.9 Å². The van der Waals surface area contributed by atoms with E-state index >= 15 is 0 Å². The molecule has 0 bridgehead atoms. The molecule has 3 rings (SSSR count). The van der Waals surface area contributed by atoms with Gasteiger partial charge in [-0.05, 0) is 18.1 Å². The van der Waals surface area contributed by atoms with Gasteiger partial charge in [0.05, 0.1) is 18.1 Å². The lowest BCUT2D eigenvalue weighted by molar-refractivity contribution is -0.116. The minimum Gasteiger partial charge on any atom is -0.369 e. The van der Waals surface area contributed by atoms with Crippen LogP contribution in [0.1, 0.15) is 18.9 Å². The molecule has 1 aromatic carbocycles.